The summed E-state index contributed by atoms with van der Waals surface area (Å²) in [5, 5.41) is -5.00. The third-order valence-electron chi connectivity index (χ3n) is 7.39. The molecule has 0 N–H and O–H groups in total. The molecule has 1 aromatic rings. The number of alkyl halides is 2. The number of halogens is 2. The quantitative estimate of drug-likeness (QED) is 0.246. The zero-order valence-electron chi connectivity index (χ0n) is 18.9. The van der Waals surface area contributed by atoms with E-state index in [9.17, 15) is 31.3 Å². The number of benzene rings is 1. The smallest absolute Gasteiger partial charge is 0.428 e. The summed E-state index contributed by atoms with van der Waals surface area (Å²) in [5.74, 6) is 2.51. The van der Waals surface area contributed by atoms with Crippen LogP contribution in [-0.2, 0) is 30.5 Å². The lowest BCUT2D eigenvalue weighted by Crippen LogP contribution is -2.55. The van der Waals surface area contributed by atoms with Crippen molar-refractivity contribution in [2.24, 2.45) is 17.8 Å². The second-order valence-corrected chi connectivity index (χ2v) is 13.9. The molecule has 10 heteroatoms. The van der Waals surface area contributed by atoms with E-state index >= 15 is 0 Å². The van der Waals surface area contributed by atoms with Crippen LogP contribution >= 0.6 is 0 Å². The molecule has 5 aliphatic rings. The molecule has 4 saturated carbocycles. The maximum absolute atomic E-state index is 13.2. The minimum Gasteiger partial charge on any atom is -0.743 e. The maximum atomic E-state index is 13.2. The van der Waals surface area contributed by atoms with Crippen LogP contribution in [0.1, 0.15) is 61.7 Å². The summed E-state index contributed by atoms with van der Waals surface area (Å²) in [6.07, 6.45) is 7.21. The average molecular weight is 517 g/mol. The van der Waals surface area contributed by atoms with Crippen molar-refractivity contribution >= 4 is 32.8 Å². The number of Topliss-reactive ketones (excluding diaryl/α,β-unsaturated/α-hetero) is 1. The predicted molar refractivity (Wildman–Crippen MR) is 124 cm³/mol. The fourth-order valence-electron chi connectivity index (χ4n) is 6.27. The van der Waals surface area contributed by atoms with Crippen LogP contribution in [0.15, 0.2) is 30.3 Å². The molecule has 6 nitrogen and oxygen atoms in total. The van der Waals surface area contributed by atoms with Gasteiger partial charge in [-0.25, -0.2) is 13.2 Å². The van der Waals surface area contributed by atoms with E-state index in [4.69, 9.17) is 4.74 Å². The first kappa shape index (κ1) is 25.6. The third-order valence-corrected chi connectivity index (χ3v) is 10.6. The summed E-state index contributed by atoms with van der Waals surface area (Å²) < 4.78 is 62.8. The van der Waals surface area contributed by atoms with Gasteiger partial charge in [-0.05, 0) is 80.0 Å². The second-order valence-electron chi connectivity index (χ2n) is 10.1. The molecule has 0 amide bonds. The van der Waals surface area contributed by atoms with Crippen molar-refractivity contribution in [3.63, 3.8) is 0 Å². The summed E-state index contributed by atoms with van der Waals surface area (Å²) in [7, 11) is -5.65. The summed E-state index contributed by atoms with van der Waals surface area (Å²) in [6.45, 7) is 0. The summed E-state index contributed by atoms with van der Waals surface area (Å²) in [6, 6.07) is 9.66. The Morgan fingerprint density at radius 3 is 1.97 bits per heavy atom. The average Bonchev–Trinajstić information content (AvgIpc) is 3.26. The minimum atomic E-state index is -6.04. The molecule has 0 spiro atoms. The number of hydrogen-bond acceptors (Lipinski definition) is 6. The second kappa shape index (κ2) is 9.85. The fraction of sp³-hybridized carbons (Fsp3) is 0.667. The van der Waals surface area contributed by atoms with Crippen LogP contribution in [0.4, 0.5) is 8.78 Å². The first-order valence-electron chi connectivity index (χ1n) is 11.8. The van der Waals surface area contributed by atoms with Crippen molar-refractivity contribution in [1.29, 1.82) is 0 Å². The van der Waals surface area contributed by atoms with Crippen LogP contribution in [0.2, 0.25) is 0 Å². The highest BCUT2D eigenvalue weighted by Crippen LogP contribution is 2.57. The van der Waals surface area contributed by atoms with Gasteiger partial charge in [-0.15, -0.1) is 0 Å². The number of ketones is 1. The number of carbonyl (C=O) groups is 2. The summed E-state index contributed by atoms with van der Waals surface area (Å²) >= 11 is 0. The van der Waals surface area contributed by atoms with Gasteiger partial charge < -0.3 is 9.29 Å². The largest absolute Gasteiger partial charge is 0.743 e. The van der Waals surface area contributed by atoms with Crippen LogP contribution in [0.3, 0.4) is 0 Å². The van der Waals surface area contributed by atoms with E-state index in [1.165, 1.54) is 24.3 Å². The lowest BCUT2D eigenvalue weighted by atomic mass is 9.54. The molecule has 0 unspecified atom stereocenters. The number of rotatable bonds is 6. The molecule has 1 aliphatic heterocycles. The van der Waals surface area contributed by atoms with E-state index in [0.717, 1.165) is 30.6 Å². The van der Waals surface area contributed by atoms with E-state index in [1.54, 1.807) is 0 Å². The molecular weight excluding hydrogens is 486 g/mol. The van der Waals surface area contributed by atoms with E-state index in [2.05, 4.69) is 0 Å². The Bertz CT molecular complexity index is 970. The van der Waals surface area contributed by atoms with Crippen LogP contribution in [0.5, 0.6) is 0 Å². The number of ether oxygens (including phenoxy) is 1. The lowest BCUT2D eigenvalue weighted by molar-refractivity contribution is -0.201. The summed E-state index contributed by atoms with van der Waals surface area (Å²) in [4.78, 5) is 23.3. The monoisotopic (exact) mass is 516 g/mol. The molecule has 0 radical (unpaired) electrons. The molecule has 34 heavy (non-hydrogen) atoms. The zero-order chi connectivity index (χ0) is 24.6. The van der Waals surface area contributed by atoms with Gasteiger partial charge in [-0.3, -0.25) is 4.79 Å². The van der Waals surface area contributed by atoms with E-state index in [0.29, 0.717) is 53.7 Å². The van der Waals surface area contributed by atoms with Crippen molar-refractivity contribution in [2.45, 2.75) is 62.2 Å². The van der Waals surface area contributed by atoms with Crippen molar-refractivity contribution in [3.8, 4) is 0 Å². The highest BCUT2D eigenvalue weighted by atomic mass is 32.2. The van der Waals surface area contributed by atoms with E-state index in [-0.39, 0.29) is 0 Å². The van der Waals surface area contributed by atoms with Gasteiger partial charge in [0, 0.05) is 5.56 Å². The minimum absolute atomic E-state index is 0.329. The Morgan fingerprint density at radius 1 is 1.00 bits per heavy atom. The molecule has 1 saturated heterocycles. The Morgan fingerprint density at radius 2 is 1.50 bits per heavy atom. The van der Waals surface area contributed by atoms with Crippen LogP contribution in [0, 0.1) is 17.8 Å². The molecular formula is C24H30F2O6S2. The molecule has 0 atom stereocenters. The SMILES string of the molecule is O=C(C[S+]1CCCC1)c1ccccc1.O=C(OC12CC3CC(CC(C3)C1)C2)C(F)(F)S(=O)(=O)[O-]. The molecule has 5 fully saturated rings. The number of hydrogen-bond donors (Lipinski definition) is 0. The van der Waals surface area contributed by atoms with Crippen LogP contribution in [-0.4, -0.2) is 52.8 Å². The third kappa shape index (κ3) is 5.65. The van der Waals surface area contributed by atoms with Gasteiger partial charge in [0.2, 0.25) is 5.78 Å². The maximum Gasteiger partial charge on any atom is 0.428 e. The molecule has 4 aliphatic carbocycles. The molecule has 188 valence electrons. The van der Waals surface area contributed by atoms with Gasteiger partial charge >= 0.3 is 11.2 Å². The first-order valence-corrected chi connectivity index (χ1v) is 14.9. The first-order chi connectivity index (χ1) is 16.0. The number of carbonyl (C=O) groups excluding carboxylic acids is 2. The Hall–Kier alpha value is -1.52. The Labute approximate surface area is 201 Å². The fourth-order valence-corrected chi connectivity index (χ4v) is 8.77. The highest BCUT2D eigenvalue weighted by Gasteiger charge is 2.57. The molecule has 1 aromatic carbocycles. The molecule has 1 heterocycles. The van der Waals surface area contributed by atoms with Gasteiger partial charge in [-0.1, -0.05) is 30.3 Å². The van der Waals surface area contributed by atoms with Crippen molar-refractivity contribution in [2.75, 3.05) is 17.3 Å². The van der Waals surface area contributed by atoms with Crippen molar-refractivity contribution < 1.29 is 36.1 Å². The molecule has 0 aromatic heterocycles. The zero-order valence-corrected chi connectivity index (χ0v) is 20.6. The normalized spacial score (nSPS) is 30.5. The highest BCUT2D eigenvalue weighted by molar-refractivity contribution is 7.97. The van der Waals surface area contributed by atoms with Gasteiger partial charge in [0.1, 0.15) is 17.1 Å². The van der Waals surface area contributed by atoms with Gasteiger partial charge in [-0.2, -0.15) is 8.78 Å². The van der Waals surface area contributed by atoms with Gasteiger partial charge in [0.25, 0.3) is 0 Å². The van der Waals surface area contributed by atoms with Crippen molar-refractivity contribution in [1.82, 2.24) is 0 Å². The predicted octanol–water partition coefficient (Wildman–Crippen LogP) is 3.92. The lowest BCUT2D eigenvalue weighted by Gasteiger charge is -2.55. The van der Waals surface area contributed by atoms with Gasteiger partial charge in [0.15, 0.2) is 15.9 Å². The molecule has 4 bridgehead atoms. The Balaban J connectivity index is 0.000000172. The molecule has 6 rings (SSSR count). The van der Waals surface area contributed by atoms with E-state index < -0.39 is 26.9 Å². The van der Waals surface area contributed by atoms with Crippen molar-refractivity contribution in [3.05, 3.63) is 35.9 Å². The Kier molecular flexibility index (Phi) is 7.41. The van der Waals surface area contributed by atoms with E-state index in [1.807, 2.05) is 30.3 Å². The topological polar surface area (TPSA) is 101 Å². The summed E-state index contributed by atoms with van der Waals surface area (Å²) in [5.41, 5.74) is -0.105. The van der Waals surface area contributed by atoms with Crippen LogP contribution < -0.4 is 0 Å². The standard InChI is InChI=1S/C12H16F2O5S.C12H15OS/c13-12(14,20(16,17)18)10(15)19-11-4-7-1-8(5-11)3-9(2-7)6-11;13-12(10-14-8-4-5-9-14)11-6-2-1-3-7-11/h7-9H,1-6H2,(H,16,17,18);1-3,6-7H,4-5,8-10H2/q;+1/p-1. The van der Waals surface area contributed by atoms with Gasteiger partial charge in [0.05, 0.1) is 0 Å². The van der Waals surface area contributed by atoms with Crippen LogP contribution in [0.25, 0.3) is 0 Å². The number of esters is 1.